The summed E-state index contributed by atoms with van der Waals surface area (Å²) >= 11 is 0. The van der Waals surface area contributed by atoms with Gasteiger partial charge in [0.25, 0.3) is 0 Å². The minimum Gasteiger partial charge on any atom is -0.434 e. The smallest absolute Gasteiger partial charge is 0.219 e. The van der Waals surface area contributed by atoms with Gasteiger partial charge in [-0.2, -0.15) is 0 Å². The number of hydrogen-bond donors (Lipinski definition) is 1. The van der Waals surface area contributed by atoms with Gasteiger partial charge in [-0.1, -0.05) is 12.1 Å². The number of nitrogen functional groups attached to an aromatic ring is 1. The molecular weight excluding hydrogens is 195 g/mol. The minimum atomic E-state index is -0.499. The number of nitrogens with two attached hydrogens (primary N) is 1. The van der Waals surface area contributed by atoms with Crippen LogP contribution in [0.5, 0.6) is 11.6 Å². The van der Waals surface area contributed by atoms with Gasteiger partial charge in [0.2, 0.25) is 5.88 Å². The molecule has 2 rings (SSSR count). The number of hydrogen-bond acceptors (Lipinski definition) is 3. The molecule has 1 aromatic heterocycles. The zero-order valence-corrected chi connectivity index (χ0v) is 7.85. The lowest BCUT2D eigenvalue weighted by molar-refractivity contribution is 0.430. The van der Waals surface area contributed by atoms with Crippen LogP contribution < -0.4 is 10.5 Å². The first kappa shape index (κ1) is 9.45. The Morgan fingerprint density at radius 2 is 2.00 bits per heavy atom. The van der Waals surface area contributed by atoms with E-state index in [9.17, 15) is 4.39 Å². The van der Waals surface area contributed by atoms with E-state index in [0.717, 1.165) is 0 Å². The lowest BCUT2D eigenvalue weighted by atomic mass is 10.3. The molecule has 3 nitrogen and oxygen atoms in total. The van der Waals surface area contributed by atoms with E-state index in [-0.39, 0.29) is 11.4 Å². The molecule has 0 unspecified atom stereocenters. The van der Waals surface area contributed by atoms with E-state index in [2.05, 4.69) is 4.98 Å². The fourth-order valence-electron chi connectivity index (χ4n) is 1.15. The van der Waals surface area contributed by atoms with Gasteiger partial charge in [-0.25, -0.2) is 9.37 Å². The Morgan fingerprint density at radius 3 is 2.67 bits per heavy atom. The summed E-state index contributed by atoms with van der Waals surface area (Å²) < 4.78 is 18.5. The Labute approximate surface area is 86.3 Å². The number of benzene rings is 1. The van der Waals surface area contributed by atoms with Crippen LogP contribution in [-0.4, -0.2) is 4.98 Å². The fourth-order valence-corrected chi connectivity index (χ4v) is 1.15. The molecule has 0 spiro atoms. The first-order chi connectivity index (χ1) is 7.27. The number of ether oxygens (including phenoxy) is 1. The zero-order chi connectivity index (χ0) is 10.7. The van der Waals surface area contributed by atoms with Crippen LogP contribution in [0.25, 0.3) is 0 Å². The van der Waals surface area contributed by atoms with Gasteiger partial charge in [0.1, 0.15) is 0 Å². The molecule has 2 N–H and O–H groups in total. The predicted molar refractivity (Wildman–Crippen MR) is 55.1 cm³/mol. The van der Waals surface area contributed by atoms with Crippen molar-refractivity contribution in [3.8, 4) is 11.6 Å². The summed E-state index contributed by atoms with van der Waals surface area (Å²) in [6.07, 6.45) is 1.56. The van der Waals surface area contributed by atoms with Crippen molar-refractivity contribution in [3.63, 3.8) is 0 Å². The summed E-state index contributed by atoms with van der Waals surface area (Å²) in [6.45, 7) is 0. The van der Waals surface area contributed by atoms with E-state index < -0.39 is 5.82 Å². The molecule has 0 saturated carbocycles. The summed E-state index contributed by atoms with van der Waals surface area (Å²) in [5.41, 5.74) is 5.83. The van der Waals surface area contributed by atoms with Gasteiger partial charge >= 0.3 is 0 Å². The molecule has 4 heteroatoms. The molecule has 15 heavy (non-hydrogen) atoms. The third-order valence-corrected chi connectivity index (χ3v) is 1.84. The van der Waals surface area contributed by atoms with Crippen molar-refractivity contribution >= 4 is 5.69 Å². The van der Waals surface area contributed by atoms with Crippen molar-refractivity contribution in [1.82, 2.24) is 4.98 Å². The predicted octanol–water partition coefficient (Wildman–Crippen LogP) is 2.60. The van der Waals surface area contributed by atoms with Gasteiger partial charge in [0, 0.05) is 12.3 Å². The Balaban J connectivity index is 2.32. The van der Waals surface area contributed by atoms with Crippen LogP contribution in [0.1, 0.15) is 0 Å². The normalized spacial score (nSPS) is 9.93. The van der Waals surface area contributed by atoms with Crippen LogP contribution in [0.4, 0.5) is 10.1 Å². The topological polar surface area (TPSA) is 48.1 Å². The Kier molecular flexibility index (Phi) is 2.49. The van der Waals surface area contributed by atoms with Crippen molar-refractivity contribution in [2.45, 2.75) is 0 Å². The lowest BCUT2D eigenvalue weighted by Crippen LogP contribution is -1.95. The fraction of sp³-hybridized carbons (Fsp3) is 0. The number of rotatable bonds is 2. The quantitative estimate of drug-likeness (QED) is 0.765. The molecule has 0 fully saturated rings. The molecule has 1 aromatic carbocycles. The summed E-state index contributed by atoms with van der Waals surface area (Å²) in [4.78, 5) is 3.91. The molecule has 76 valence electrons. The van der Waals surface area contributed by atoms with E-state index in [1.54, 1.807) is 30.5 Å². The average Bonchev–Trinajstić information content (AvgIpc) is 2.25. The second-order valence-corrected chi connectivity index (χ2v) is 2.93. The van der Waals surface area contributed by atoms with E-state index >= 15 is 0 Å². The zero-order valence-electron chi connectivity index (χ0n) is 7.85. The molecule has 0 saturated heterocycles. The highest BCUT2D eigenvalue weighted by molar-refractivity contribution is 5.53. The third kappa shape index (κ3) is 2.04. The molecule has 0 bridgehead atoms. The average molecular weight is 204 g/mol. The number of nitrogens with zero attached hydrogens (tertiary/aromatic N) is 1. The highest BCUT2D eigenvalue weighted by Crippen LogP contribution is 2.28. The first-order valence-corrected chi connectivity index (χ1v) is 4.40. The second-order valence-electron chi connectivity index (χ2n) is 2.93. The van der Waals surface area contributed by atoms with Crippen molar-refractivity contribution in [2.24, 2.45) is 0 Å². The van der Waals surface area contributed by atoms with Crippen LogP contribution in [0.3, 0.4) is 0 Å². The Hall–Kier alpha value is -2.10. The maximum atomic E-state index is 13.3. The maximum absolute atomic E-state index is 13.3. The lowest BCUT2D eigenvalue weighted by Gasteiger charge is -2.07. The summed E-state index contributed by atoms with van der Waals surface area (Å²) in [6, 6.07) is 9.51. The van der Waals surface area contributed by atoms with Gasteiger partial charge < -0.3 is 10.5 Å². The largest absolute Gasteiger partial charge is 0.434 e. The van der Waals surface area contributed by atoms with Crippen LogP contribution in [-0.2, 0) is 0 Å². The summed E-state index contributed by atoms with van der Waals surface area (Å²) in [5.74, 6) is -0.175. The molecule has 0 aliphatic rings. The number of anilines is 1. The number of para-hydroxylation sites is 1. The van der Waals surface area contributed by atoms with Crippen molar-refractivity contribution in [1.29, 1.82) is 0 Å². The molecule has 0 atom stereocenters. The molecule has 1 heterocycles. The molecule has 0 aliphatic heterocycles. The molecule has 2 aromatic rings. The highest BCUT2D eigenvalue weighted by atomic mass is 19.1. The van der Waals surface area contributed by atoms with Crippen LogP contribution in [0.2, 0.25) is 0 Å². The standard InChI is InChI=1S/C11H9FN2O/c12-8-4-3-5-9(13)11(8)15-10-6-1-2-7-14-10/h1-7H,13H2. The Bertz CT molecular complexity index is 439. The van der Waals surface area contributed by atoms with Crippen molar-refractivity contribution in [2.75, 3.05) is 5.73 Å². The van der Waals surface area contributed by atoms with E-state index in [4.69, 9.17) is 10.5 Å². The van der Waals surface area contributed by atoms with Gasteiger partial charge in [-0.3, -0.25) is 0 Å². The molecule has 0 aliphatic carbocycles. The van der Waals surface area contributed by atoms with Crippen molar-refractivity contribution < 1.29 is 9.13 Å². The van der Waals surface area contributed by atoms with E-state index in [1.807, 2.05) is 0 Å². The highest BCUT2D eigenvalue weighted by Gasteiger charge is 2.08. The van der Waals surface area contributed by atoms with Crippen LogP contribution in [0, 0.1) is 5.82 Å². The molecular formula is C11H9FN2O. The second kappa shape index (κ2) is 3.96. The first-order valence-electron chi connectivity index (χ1n) is 4.40. The monoisotopic (exact) mass is 204 g/mol. The minimum absolute atomic E-state index is 0.0104. The molecule has 0 amide bonds. The summed E-state index contributed by atoms with van der Waals surface area (Å²) in [7, 11) is 0. The third-order valence-electron chi connectivity index (χ3n) is 1.84. The van der Waals surface area contributed by atoms with E-state index in [0.29, 0.717) is 5.88 Å². The summed E-state index contributed by atoms with van der Waals surface area (Å²) in [5, 5.41) is 0. The van der Waals surface area contributed by atoms with Gasteiger partial charge in [-0.05, 0) is 18.2 Å². The number of pyridine rings is 1. The molecule has 0 radical (unpaired) electrons. The van der Waals surface area contributed by atoms with Gasteiger partial charge in [0.15, 0.2) is 11.6 Å². The van der Waals surface area contributed by atoms with Crippen LogP contribution >= 0.6 is 0 Å². The maximum Gasteiger partial charge on any atom is 0.219 e. The van der Waals surface area contributed by atoms with Crippen molar-refractivity contribution in [3.05, 3.63) is 48.4 Å². The van der Waals surface area contributed by atoms with Crippen LogP contribution in [0.15, 0.2) is 42.6 Å². The van der Waals surface area contributed by atoms with E-state index in [1.165, 1.54) is 12.1 Å². The SMILES string of the molecule is Nc1cccc(F)c1Oc1ccccn1. The van der Waals surface area contributed by atoms with Gasteiger partial charge in [-0.15, -0.1) is 0 Å². The number of halogens is 1. The number of aromatic nitrogens is 1. The van der Waals surface area contributed by atoms with Gasteiger partial charge in [0.05, 0.1) is 5.69 Å². The Morgan fingerprint density at radius 1 is 1.13 bits per heavy atom.